The lowest BCUT2D eigenvalue weighted by molar-refractivity contribution is -0.0406. The summed E-state index contributed by atoms with van der Waals surface area (Å²) in [4.78, 5) is 0. The molecule has 2 aliphatic heterocycles. The van der Waals surface area contributed by atoms with Gasteiger partial charge in [-0.3, -0.25) is 0 Å². The monoisotopic (exact) mass is 153 g/mol. The molecular formula is C9H15NO. The van der Waals surface area contributed by atoms with Crippen molar-refractivity contribution in [2.45, 2.75) is 24.9 Å². The molecule has 0 radical (unpaired) electrons. The fraction of sp³-hybridized carbons (Fsp3) is 1.00. The molecule has 0 aromatic carbocycles. The molecule has 2 heteroatoms. The number of ether oxygens (including phenoxy) is 1. The number of fused-ring (bicyclic) bond motifs is 2. The highest BCUT2D eigenvalue weighted by Crippen LogP contribution is 2.56. The number of piperidine rings is 1. The molecule has 0 amide bonds. The number of rotatable bonds is 0. The second-order valence-corrected chi connectivity index (χ2v) is 4.26. The molecule has 2 nitrogen and oxygen atoms in total. The molecule has 1 N–H and O–H groups in total. The molecule has 3 aliphatic rings. The SMILES string of the molecule is C1CNCC2(C1)OC[C@H]1C[C@H]12. The van der Waals surface area contributed by atoms with Crippen LogP contribution in [0, 0.1) is 11.8 Å². The fourth-order valence-corrected chi connectivity index (χ4v) is 2.80. The van der Waals surface area contributed by atoms with E-state index in [1.807, 2.05) is 0 Å². The third kappa shape index (κ3) is 0.798. The minimum Gasteiger partial charge on any atom is -0.373 e. The lowest BCUT2D eigenvalue weighted by Crippen LogP contribution is -2.47. The van der Waals surface area contributed by atoms with E-state index >= 15 is 0 Å². The molecule has 0 aromatic heterocycles. The van der Waals surface area contributed by atoms with Gasteiger partial charge in [-0.25, -0.2) is 0 Å². The van der Waals surface area contributed by atoms with Crippen molar-refractivity contribution in [1.29, 1.82) is 0 Å². The van der Waals surface area contributed by atoms with Gasteiger partial charge in [-0.05, 0) is 37.6 Å². The van der Waals surface area contributed by atoms with Crippen molar-refractivity contribution in [2.24, 2.45) is 11.8 Å². The Bertz CT molecular complexity index is 174. The lowest BCUT2D eigenvalue weighted by Gasteiger charge is -2.35. The summed E-state index contributed by atoms with van der Waals surface area (Å²) in [7, 11) is 0. The smallest absolute Gasteiger partial charge is 0.0838 e. The second kappa shape index (κ2) is 1.99. The number of nitrogens with one attached hydrogen (secondary N) is 1. The van der Waals surface area contributed by atoms with Gasteiger partial charge in [0.05, 0.1) is 12.2 Å². The quantitative estimate of drug-likeness (QED) is 0.555. The predicted molar refractivity (Wildman–Crippen MR) is 42.4 cm³/mol. The Labute approximate surface area is 67.3 Å². The van der Waals surface area contributed by atoms with Crippen LogP contribution < -0.4 is 5.32 Å². The topological polar surface area (TPSA) is 21.3 Å². The third-order valence-corrected chi connectivity index (χ3v) is 3.56. The summed E-state index contributed by atoms with van der Waals surface area (Å²) >= 11 is 0. The maximum atomic E-state index is 5.88. The van der Waals surface area contributed by atoms with Gasteiger partial charge in [0.2, 0.25) is 0 Å². The van der Waals surface area contributed by atoms with Crippen molar-refractivity contribution >= 4 is 0 Å². The lowest BCUT2D eigenvalue weighted by atomic mass is 9.89. The van der Waals surface area contributed by atoms with E-state index in [9.17, 15) is 0 Å². The number of hydrogen-bond acceptors (Lipinski definition) is 2. The molecule has 62 valence electrons. The molecule has 1 saturated carbocycles. The van der Waals surface area contributed by atoms with E-state index in [1.165, 1.54) is 25.8 Å². The standard InChI is InChI=1S/C9H15NO/c1-2-9(6-10-3-1)8-4-7(8)5-11-9/h7-8,10H,1-6H2/t7-,8-,9?/m1/s1. The van der Waals surface area contributed by atoms with Crippen molar-refractivity contribution in [3.63, 3.8) is 0 Å². The minimum absolute atomic E-state index is 0.295. The Kier molecular flexibility index (Phi) is 1.16. The Morgan fingerprint density at radius 2 is 2.45 bits per heavy atom. The van der Waals surface area contributed by atoms with E-state index in [-0.39, 0.29) is 0 Å². The van der Waals surface area contributed by atoms with Gasteiger partial charge in [0.25, 0.3) is 0 Å². The van der Waals surface area contributed by atoms with Gasteiger partial charge in [0.15, 0.2) is 0 Å². The first-order valence-corrected chi connectivity index (χ1v) is 4.75. The van der Waals surface area contributed by atoms with Crippen LogP contribution in [-0.2, 0) is 4.74 Å². The van der Waals surface area contributed by atoms with Gasteiger partial charge < -0.3 is 10.1 Å². The van der Waals surface area contributed by atoms with Crippen LogP contribution in [-0.4, -0.2) is 25.3 Å². The van der Waals surface area contributed by atoms with Crippen LogP contribution in [0.5, 0.6) is 0 Å². The molecule has 3 fully saturated rings. The Hall–Kier alpha value is -0.0800. The fourth-order valence-electron chi connectivity index (χ4n) is 2.80. The zero-order chi connectivity index (χ0) is 7.31. The summed E-state index contributed by atoms with van der Waals surface area (Å²) in [5, 5.41) is 3.45. The summed E-state index contributed by atoms with van der Waals surface area (Å²) in [6, 6.07) is 0. The average Bonchev–Trinajstić information content (AvgIpc) is 2.77. The molecule has 2 heterocycles. The van der Waals surface area contributed by atoms with E-state index in [0.717, 1.165) is 25.0 Å². The van der Waals surface area contributed by atoms with Crippen molar-refractivity contribution in [2.75, 3.05) is 19.7 Å². The van der Waals surface area contributed by atoms with Gasteiger partial charge in [-0.15, -0.1) is 0 Å². The average molecular weight is 153 g/mol. The summed E-state index contributed by atoms with van der Waals surface area (Å²) < 4.78 is 5.88. The summed E-state index contributed by atoms with van der Waals surface area (Å²) in [6.07, 6.45) is 4.06. The molecule has 3 rings (SSSR count). The zero-order valence-electron chi connectivity index (χ0n) is 6.81. The van der Waals surface area contributed by atoms with E-state index < -0.39 is 0 Å². The first-order valence-electron chi connectivity index (χ1n) is 4.75. The van der Waals surface area contributed by atoms with Crippen molar-refractivity contribution < 1.29 is 4.74 Å². The highest BCUT2D eigenvalue weighted by Gasteiger charge is 2.59. The van der Waals surface area contributed by atoms with E-state index in [1.54, 1.807) is 0 Å². The maximum Gasteiger partial charge on any atom is 0.0838 e. The molecule has 11 heavy (non-hydrogen) atoms. The first kappa shape index (κ1) is 6.44. The number of hydrogen-bond donors (Lipinski definition) is 1. The Morgan fingerprint density at radius 1 is 1.45 bits per heavy atom. The van der Waals surface area contributed by atoms with Crippen molar-refractivity contribution in [3.8, 4) is 0 Å². The van der Waals surface area contributed by atoms with Gasteiger partial charge in [0.1, 0.15) is 0 Å². The zero-order valence-corrected chi connectivity index (χ0v) is 6.81. The van der Waals surface area contributed by atoms with Crippen molar-refractivity contribution in [1.82, 2.24) is 5.32 Å². The molecule has 2 saturated heterocycles. The molecule has 1 unspecified atom stereocenters. The van der Waals surface area contributed by atoms with E-state index in [2.05, 4.69) is 5.32 Å². The maximum absolute atomic E-state index is 5.88. The van der Waals surface area contributed by atoms with Crippen LogP contribution in [0.25, 0.3) is 0 Å². The molecule has 3 atom stereocenters. The van der Waals surface area contributed by atoms with E-state index in [4.69, 9.17) is 4.74 Å². The first-order chi connectivity index (χ1) is 5.41. The van der Waals surface area contributed by atoms with Crippen molar-refractivity contribution in [3.05, 3.63) is 0 Å². The normalized spacial score (nSPS) is 54.5. The van der Waals surface area contributed by atoms with Gasteiger partial charge in [-0.2, -0.15) is 0 Å². The van der Waals surface area contributed by atoms with E-state index in [0.29, 0.717) is 5.60 Å². The van der Waals surface area contributed by atoms with Gasteiger partial charge in [0, 0.05) is 6.54 Å². The van der Waals surface area contributed by atoms with Gasteiger partial charge in [-0.1, -0.05) is 0 Å². The highest BCUT2D eigenvalue weighted by atomic mass is 16.5. The van der Waals surface area contributed by atoms with Crippen LogP contribution >= 0.6 is 0 Å². The molecular weight excluding hydrogens is 138 g/mol. The van der Waals surface area contributed by atoms with Gasteiger partial charge >= 0.3 is 0 Å². The molecule has 1 spiro atoms. The van der Waals surface area contributed by atoms with Crippen LogP contribution in [0.3, 0.4) is 0 Å². The molecule has 0 aromatic rings. The summed E-state index contributed by atoms with van der Waals surface area (Å²) in [6.45, 7) is 3.36. The van der Waals surface area contributed by atoms with Crippen LogP contribution in [0.1, 0.15) is 19.3 Å². The predicted octanol–water partition coefficient (Wildman–Crippen LogP) is 0.775. The highest BCUT2D eigenvalue weighted by molar-refractivity contribution is 5.09. The second-order valence-electron chi connectivity index (χ2n) is 4.26. The summed E-state index contributed by atoms with van der Waals surface area (Å²) in [5.41, 5.74) is 0.295. The largest absolute Gasteiger partial charge is 0.373 e. The Balaban J connectivity index is 1.81. The third-order valence-electron chi connectivity index (χ3n) is 3.56. The van der Waals surface area contributed by atoms with Crippen LogP contribution in [0.4, 0.5) is 0 Å². The minimum atomic E-state index is 0.295. The van der Waals surface area contributed by atoms with Crippen LogP contribution in [0.15, 0.2) is 0 Å². The Morgan fingerprint density at radius 3 is 3.00 bits per heavy atom. The molecule has 0 bridgehead atoms. The summed E-state index contributed by atoms with van der Waals surface area (Å²) in [5.74, 6) is 1.87. The van der Waals surface area contributed by atoms with Crippen LogP contribution in [0.2, 0.25) is 0 Å². The molecule has 1 aliphatic carbocycles.